The van der Waals surface area contributed by atoms with Gasteiger partial charge in [0.15, 0.2) is 5.96 Å². The molecule has 0 spiro atoms. The molecular weight excluding hydrogens is 443 g/mol. The average Bonchev–Trinajstić information content (AvgIpc) is 3.06. The van der Waals surface area contributed by atoms with Crippen LogP contribution in [0.4, 0.5) is 0 Å². The van der Waals surface area contributed by atoms with E-state index in [1.807, 2.05) is 7.05 Å². The second kappa shape index (κ2) is 11.1. The second-order valence-corrected chi connectivity index (χ2v) is 7.26. The van der Waals surface area contributed by atoms with Crippen LogP contribution in [0.1, 0.15) is 52.8 Å². The monoisotopic (exact) mass is 478 g/mol. The zero-order valence-corrected chi connectivity index (χ0v) is 19.1. The molecule has 0 radical (unpaired) electrons. The van der Waals surface area contributed by atoms with Crippen molar-refractivity contribution < 1.29 is 4.74 Å². The number of guanidine groups is 1. The summed E-state index contributed by atoms with van der Waals surface area (Å²) in [6, 6.07) is 0.381. The summed E-state index contributed by atoms with van der Waals surface area (Å²) in [7, 11) is 1.81. The summed E-state index contributed by atoms with van der Waals surface area (Å²) in [5.74, 6) is 1.85. The molecule has 2 rings (SSSR count). The van der Waals surface area contributed by atoms with E-state index in [1.54, 1.807) is 6.33 Å². The predicted octanol–water partition coefficient (Wildman–Crippen LogP) is 2.61. The van der Waals surface area contributed by atoms with Gasteiger partial charge >= 0.3 is 0 Å². The summed E-state index contributed by atoms with van der Waals surface area (Å²) < 4.78 is 8.09. The third kappa shape index (κ3) is 5.80. The van der Waals surface area contributed by atoms with Crippen LogP contribution < -0.4 is 10.6 Å². The van der Waals surface area contributed by atoms with Crippen LogP contribution in [-0.2, 0) is 17.7 Å². The first kappa shape index (κ1) is 23.1. The average molecular weight is 478 g/mol. The fraction of sp³-hybridized carbons (Fsp3) is 0.833. The minimum atomic E-state index is 0. The molecule has 0 aliphatic heterocycles. The number of aliphatic imine (C=N–C) groups is 1. The van der Waals surface area contributed by atoms with E-state index in [1.165, 1.54) is 6.42 Å². The number of nitrogens with zero attached hydrogens (tertiary/aromatic N) is 4. The number of nitrogens with one attached hydrogen (secondary N) is 2. The van der Waals surface area contributed by atoms with Gasteiger partial charge in [0.2, 0.25) is 0 Å². The van der Waals surface area contributed by atoms with Crippen molar-refractivity contribution in [2.45, 2.75) is 72.1 Å². The zero-order valence-electron chi connectivity index (χ0n) is 16.8. The van der Waals surface area contributed by atoms with E-state index in [2.05, 4.69) is 58.1 Å². The topological polar surface area (TPSA) is 76.4 Å². The highest BCUT2D eigenvalue weighted by molar-refractivity contribution is 14.0. The number of rotatable bonds is 9. The van der Waals surface area contributed by atoms with Gasteiger partial charge in [-0.25, -0.2) is 0 Å². The molecule has 0 amide bonds. The van der Waals surface area contributed by atoms with Gasteiger partial charge in [-0.05, 0) is 12.8 Å². The van der Waals surface area contributed by atoms with Crippen molar-refractivity contribution in [3.8, 4) is 0 Å². The van der Waals surface area contributed by atoms with Gasteiger partial charge in [-0.2, -0.15) is 0 Å². The maximum atomic E-state index is 6.02. The van der Waals surface area contributed by atoms with Gasteiger partial charge in [0.1, 0.15) is 12.2 Å². The lowest BCUT2D eigenvalue weighted by atomic mass is 9.64. The summed E-state index contributed by atoms with van der Waals surface area (Å²) in [5.41, 5.74) is 0.120. The Morgan fingerprint density at radius 3 is 2.81 bits per heavy atom. The first-order valence-electron chi connectivity index (χ1n) is 9.48. The number of hydrogen-bond acceptors (Lipinski definition) is 4. The Kier molecular flexibility index (Phi) is 9.84. The molecule has 1 saturated carbocycles. The van der Waals surface area contributed by atoms with E-state index >= 15 is 0 Å². The van der Waals surface area contributed by atoms with Gasteiger partial charge < -0.3 is 19.9 Å². The molecule has 2 atom stereocenters. The van der Waals surface area contributed by atoms with Crippen LogP contribution in [0.5, 0.6) is 0 Å². The molecule has 0 saturated heterocycles. The molecular formula is C18H35IN6O. The molecule has 7 nitrogen and oxygen atoms in total. The molecule has 1 heterocycles. The fourth-order valence-electron chi connectivity index (χ4n) is 3.18. The molecule has 1 aromatic heterocycles. The van der Waals surface area contributed by atoms with Gasteiger partial charge in [-0.1, -0.05) is 34.1 Å². The smallest absolute Gasteiger partial charge is 0.191 e. The number of ether oxygens (including phenoxy) is 1. The third-order valence-electron chi connectivity index (χ3n) is 5.19. The molecule has 26 heavy (non-hydrogen) atoms. The number of aryl methyl sites for hydroxylation is 1. The predicted molar refractivity (Wildman–Crippen MR) is 116 cm³/mol. The fourth-order valence-corrected chi connectivity index (χ4v) is 3.18. The minimum absolute atomic E-state index is 0. The van der Waals surface area contributed by atoms with Crippen LogP contribution in [0.2, 0.25) is 0 Å². The molecule has 2 N–H and O–H groups in total. The van der Waals surface area contributed by atoms with Crippen LogP contribution in [0, 0.1) is 5.41 Å². The van der Waals surface area contributed by atoms with Gasteiger partial charge in [0.05, 0.1) is 6.10 Å². The van der Waals surface area contributed by atoms with Crippen LogP contribution in [0.3, 0.4) is 0 Å². The van der Waals surface area contributed by atoms with Crippen molar-refractivity contribution >= 4 is 29.9 Å². The minimum Gasteiger partial charge on any atom is -0.378 e. The standard InChI is InChI=1S/C18H34N6O.HI/c1-6-8-11-25-15-12-14(18(15,3)4)22-17(19-5)20-9-10-24-13-21-23-16(24)7-2;/h13-15H,6-12H2,1-5H3,(H2,19,20,22);1H. The Labute approximate surface area is 174 Å². The second-order valence-electron chi connectivity index (χ2n) is 7.26. The Bertz CT molecular complexity index is 560. The number of aromatic nitrogens is 3. The van der Waals surface area contributed by atoms with E-state index in [0.717, 1.165) is 50.7 Å². The van der Waals surface area contributed by atoms with E-state index < -0.39 is 0 Å². The van der Waals surface area contributed by atoms with E-state index in [4.69, 9.17) is 4.74 Å². The summed E-state index contributed by atoms with van der Waals surface area (Å²) >= 11 is 0. The number of halogens is 1. The van der Waals surface area contributed by atoms with Crippen molar-refractivity contribution in [1.29, 1.82) is 0 Å². The SMILES string of the molecule is CCCCOC1CC(NC(=NC)NCCn2cnnc2CC)C1(C)C.I. The molecule has 8 heteroatoms. The lowest BCUT2D eigenvalue weighted by molar-refractivity contribution is -0.113. The van der Waals surface area contributed by atoms with Gasteiger partial charge in [0, 0.05) is 44.6 Å². The zero-order chi connectivity index (χ0) is 18.3. The highest BCUT2D eigenvalue weighted by Crippen LogP contribution is 2.42. The first-order valence-corrected chi connectivity index (χ1v) is 9.48. The normalized spacial score (nSPS) is 21.7. The molecule has 1 aliphatic rings. The summed E-state index contributed by atoms with van der Waals surface area (Å²) in [5, 5.41) is 15.0. The summed E-state index contributed by atoms with van der Waals surface area (Å²) in [6.07, 6.45) is 6.35. The van der Waals surface area contributed by atoms with E-state index in [9.17, 15) is 0 Å². The van der Waals surface area contributed by atoms with Crippen molar-refractivity contribution in [2.75, 3.05) is 20.2 Å². The lowest BCUT2D eigenvalue weighted by Gasteiger charge is -2.52. The Morgan fingerprint density at radius 1 is 1.42 bits per heavy atom. The van der Waals surface area contributed by atoms with Gasteiger partial charge in [0.25, 0.3) is 0 Å². The van der Waals surface area contributed by atoms with Crippen molar-refractivity contribution in [3.05, 3.63) is 12.2 Å². The molecule has 150 valence electrons. The van der Waals surface area contributed by atoms with Gasteiger partial charge in [-0.15, -0.1) is 34.2 Å². The number of hydrogen-bond donors (Lipinski definition) is 2. The molecule has 0 aromatic carbocycles. The molecule has 1 aliphatic carbocycles. The molecule has 2 unspecified atom stereocenters. The Morgan fingerprint density at radius 2 is 2.19 bits per heavy atom. The maximum Gasteiger partial charge on any atom is 0.191 e. The molecule has 1 aromatic rings. The largest absolute Gasteiger partial charge is 0.378 e. The summed E-state index contributed by atoms with van der Waals surface area (Å²) in [6.45, 7) is 11.3. The van der Waals surface area contributed by atoms with E-state index in [-0.39, 0.29) is 29.4 Å². The summed E-state index contributed by atoms with van der Waals surface area (Å²) in [4.78, 5) is 4.35. The Balaban J connectivity index is 0.00000338. The third-order valence-corrected chi connectivity index (χ3v) is 5.19. The quantitative estimate of drug-likeness (QED) is 0.247. The van der Waals surface area contributed by atoms with Crippen LogP contribution >= 0.6 is 24.0 Å². The van der Waals surface area contributed by atoms with Crippen molar-refractivity contribution in [2.24, 2.45) is 10.4 Å². The Hall–Kier alpha value is -0.900. The maximum absolute atomic E-state index is 6.02. The molecule has 1 fully saturated rings. The highest BCUT2D eigenvalue weighted by atomic mass is 127. The van der Waals surface area contributed by atoms with E-state index in [0.29, 0.717) is 12.1 Å². The first-order chi connectivity index (χ1) is 12.0. The lowest BCUT2D eigenvalue weighted by Crippen LogP contribution is -2.63. The van der Waals surface area contributed by atoms with Crippen molar-refractivity contribution in [1.82, 2.24) is 25.4 Å². The van der Waals surface area contributed by atoms with Crippen LogP contribution in [0.25, 0.3) is 0 Å². The molecule has 0 bridgehead atoms. The number of unbranched alkanes of at least 4 members (excludes halogenated alkanes) is 1. The van der Waals surface area contributed by atoms with Crippen molar-refractivity contribution in [3.63, 3.8) is 0 Å². The van der Waals surface area contributed by atoms with Crippen LogP contribution in [0.15, 0.2) is 11.3 Å². The van der Waals surface area contributed by atoms with Crippen LogP contribution in [-0.4, -0.2) is 53.1 Å². The highest BCUT2D eigenvalue weighted by Gasteiger charge is 2.49. The van der Waals surface area contributed by atoms with Gasteiger partial charge in [-0.3, -0.25) is 4.99 Å².